The molecule has 1 fully saturated rings. The Bertz CT molecular complexity index is 1050. The summed E-state index contributed by atoms with van der Waals surface area (Å²) in [6.07, 6.45) is 1.85. The van der Waals surface area contributed by atoms with Crippen LogP contribution in [0.4, 0.5) is 20.3 Å². The molecule has 0 aliphatic carbocycles. The lowest BCUT2D eigenvalue weighted by Crippen LogP contribution is -2.36. The molecule has 8 heteroatoms. The number of nitrogens with one attached hydrogen (secondary N) is 1. The van der Waals surface area contributed by atoms with Gasteiger partial charge >= 0.3 is 0 Å². The zero-order valence-corrected chi connectivity index (χ0v) is 17.3. The molecule has 0 saturated carbocycles. The Balaban J connectivity index is 1.67. The summed E-state index contributed by atoms with van der Waals surface area (Å²) in [6.45, 7) is 7.68. The fraction of sp³-hybridized carbons (Fsp3) is 0.409. The molecule has 30 heavy (non-hydrogen) atoms. The fourth-order valence-electron chi connectivity index (χ4n) is 3.62. The van der Waals surface area contributed by atoms with Gasteiger partial charge in [-0.1, -0.05) is 18.2 Å². The first-order chi connectivity index (χ1) is 14.3. The molecule has 4 rings (SSSR count). The molecule has 1 aromatic carbocycles. The average molecular weight is 413 g/mol. The van der Waals surface area contributed by atoms with Crippen molar-refractivity contribution in [2.45, 2.75) is 32.7 Å². The van der Waals surface area contributed by atoms with Gasteiger partial charge in [-0.3, -0.25) is 4.98 Å². The number of hydrogen-bond donors (Lipinski definition) is 1. The standard InChI is InChI=1S/C22H25F2N5O/c1-14(16-5-4-6-17(11-16)22(3,23)24)26-21-19-12-18(29-7-9-30-10-8-29)13-25-20(19)15(2)27-28-21/h4-6,11-14H,7-10H2,1-3H3,(H,26,28)/t14-/m1/s1. The van der Waals surface area contributed by atoms with E-state index in [4.69, 9.17) is 4.74 Å². The zero-order valence-electron chi connectivity index (χ0n) is 17.3. The van der Waals surface area contributed by atoms with Gasteiger partial charge in [-0.05, 0) is 31.5 Å². The minimum atomic E-state index is -2.89. The van der Waals surface area contributed by atoms with Crippen LogP contribution < -0.4 is 10.2 Å². The highest BCUT2D eigenvalue weighted by Crippen LogP contribution is 2.31. The number of morpholine rings is 1. The summed E-state index contributed by atoms with van der Waals surface area (Å²) in [6, 6.07) is 8.26. The molecule has 0 amide bonds. The molecule has 1 N–H and O–H groups in total. The first kappa shape index (κ1) is 20.4. The molecule has 0 unspecified atom stereocenters. The van der Waals surface area contributed by atoms with Crippen LogP contribution in [0, 0.1) is 6.92 Å². The van der Waals surface area contributed by atoms with Gasteiger partial charge < -0.3 is 15.0 Å². The van der Waals surface area contributed by atoms with E-state index in [0.29, 0.717) is 19.0 Å². The van der Waals surface area contributed by atoms with Crippen LogP contribution in [0.2, 0.25) is 0 Å². The van der Waals surface area contributed by atoms with Crippen molar-refractivity contribution in [1.29, 1.82) is 0 Å². The highest BCUT2D eigenvalue weighted by atomic mass is 19.3. The van der Waals surface area contributed by atoms with Gasteiger partial charge in [-0.25, -0.2) is 8.78 Å². The number of fused-ring (bicyclic) bond motifs is 1. The predicted octanol–water partition coefficient (Wildman–Crippen LogP) is 4.45. The minimum Gasteiger partial charge on any atom is -0.378 e. The maximum atomic E-state index is 13.7. The molecule has 6 nitrogen and oxygen atoms in total. The Morgan fingerprint density at radius 2 is 1.93 bits per heavy atom. The van der Waals surface area contributed by atoms with E-state index in [9.17, 15) is 8.78 Å². The second kappa shape index (κ2) is 8.10. The fourth-order valence-corrected chi connectivity index (χ4v) is 3.62. The Hall–Kier alpha value is -2.87. The van der Waals surface area contributed by atoms with Crippen molar-refractivity contribution in [1.82, 2.24) is 15.2 Å². The lowest BCUT2D eigenvalue weighted by molar-refractivity contribution is 0.0174. The molecule has 3 heterocycles. The van der Waals surface area contributed by atoms with Crippen molar-refractivity contribution in [3.63, 3.8) is 0 Å². The average Bonchev–Trinajstić information content (AvgIpc) is 2.75. The number of aryl methyl sites for hydroxylation is 1. The summed E-state index contributed by atoms with van der Waals surface area (Å²) in [5, 5.41) is 12.8. The highest BCUT2D eigenvalue weighted by molar-refractivity contribution is 5.92. The van der Waals surface area contributed by atoms with Crippen molar-refractivity contribution < 1.29 is 13.5 Å². The number of anilines is 2. The van der Waals surface area contributed by atoms with Crippen molar-refractivity contribution >= 4 is 22.4 Å². The lowest BCUT2D eigenvalue weighted by Gasteiger charge is -2.28. The Kier molecular flexibility index (Phi) is 5.51. The number of pyridine rings is 1. The minimum absolute atomic E-state index is 0.00947. The molecule has 1 aliphatic rings. The van der Waals surface area contributed by atoms with E-state index in [1.165, 1.54) is 12.1 Å². The Labute approximate surface area is 174 Å². The van der Waals surface area contributed by atoms with E-state index in [1.807, 2.05) is 26.1 Å². The first-order valence-corrected chi connectivity index (χ1v) is 10.0. The van der Waals surface area contributed by atoms with Crippen LogP contribution >= 0.6 is 0 Å². The van der Waals surface area contributed by atoms with E-state index in [0.717, 1.165) is 47.9 Å². The maximum Gasteiger partial charge on any atom is 0.270 e. The number of halogens is 2. The second-order valence-corrected chi connectivity index (χ2v) is 7.70. The Morgan fingerprint density at radius 3 is 2.67 bits per heavy atom. The number of nitrogens with zero attached hydrogens (tertiary/aromatic N) is 4. The van der Waals surface area contributed by atoms with Crippen LogP contribution in [0.3, 0.4) is 0 Å². The predicted molar refractivity (Wildman–Crippen MR) is 113 cm³/mol. The molecule has 1 aliphatic heterocycles. The summed E-state index contributed by atoms with van der Waals surface area (Å²) >= 11 is 0. The summed E-state index contributed by atoms with van der Waals surface area (Å²) in [5.41, 5.74) is 3.25. The Morgan fingerprint density at radius 1 is 1.17 bits per heavy atom. The van der Waals surface area contributed by atoms with Gasteiger partial charge in [0.25, 0.3) is 5.92 Å². The van der Waals surface area contributed by atoms with Crippen LogP contribution in [-0.4, -0.2) is 41.5 Å². The molecule has 0 bridgehead atoms. The van der Waals surface area contributed by atoms with Crippen LogP contribution in [0.5, 0.6) is 0 Å². The molecular formula is C22H25F2N5O. The van der Waals surface area contributed by atoms with Crippen molar-refractivity contribution in [3.8, 4) is 0 Å². The number of benzene rings is 1. The third-order valence-corrected chi connectivity index (χ3v) is 5.39. The molecule has 0 spiro atoms. The van der Waals surface area contributed by atoms with Crippen LogP contribution in [0.15, 0.2) is 36.5 Å². The van der Waals surface area contributed by atoms with Gasteiger partial charge in [0.2, 0.25) is 0 Å². The smallest absolute Gasteiger partial charge is 0.270 e. The number of aromatic nitrogens is 3. The number of alkyl halides is 2. The normalized spacial score (nSPS) is 16.0. The van der Waals surface area contributed by atoms with E-state index in [-0.39, 0.29) is 11.6 Å². The monoisotopic (exact) mass is 413 g/mol. The van der Waals surface area contributed by atoms with E-state index < -0.39 is 5.92 Å². The van der Waals surface area contributed by atoms with Gasteiger partial charge in [0.05, 0.1) is 42.4 Å². The van der Waals surface area contributed by atoms with Gasteiger partial charge in [-0.2, -0.15) is 5.10 Å². The molecule has 1 atom stereocenters. The largest absolute Gasteiger partial charge is 0.378 e. The summed E-state index contributed by atoms with van der Waals surface area (Å²) in [7, 11) is 0. The number of ether oxygens (including phenoxy) is 1. The third kappa shape index (κ3) is 4.18. The van der Waals surface area contributed by atoms with Crippen LogP contribution in [0.1, 0.15) is 36.7 Å². The second-order valence-electron chi connectivity index (χ2n) is 7.70. The third-order valence-electron chi connectivity index (χ3n) is 5.39. The van der Waals surface area contributed by atoms with Crippen LogP contribution in [0.25, 0.3) is 10.9 Å². The molecule has 0 radical (unpaired) electrons. The SMILES string of the molecule is Cc1nnc(N[C@H](C)c2cccc(C(C)(F)F)c2)c2cc(N3CCOCC3)cnc12. The van der Waals surface area contributed by atoms with Crippen molar-refractivity contribution in [2.24, 2.45) is 0 Å². The van der Waals surface area contributed by atoms with E-state index in [1.54, 1.807) is 6.07 Å². The zero-order chi connectivity index (χ0) is 21.3. The topological polar surface area (TPSA) is 63.2 Å². The van der Waals surface area contributed by atoms with Crippen LogP contribution in [-0.2, 0) is 10.7 Å². The molecule has 158 valence electrons. The van der Waals surface area contributed by atoms with Gasteiger partial charge in [-0.15, -0.1) is 5.10 Å². The number of hydrogen-bond acceptors (Lipinski definition) is 6. The summed E-state index contributed by atoms with van der Waals surface area (Å²) < 4.78 is 32.9. The van der Waals surface area contributed by atoms with Gasteiger partial charge in [0, 0.05) is 31.0 Å². The quantitative estimate of drug-likeness (QED) is 0.667. The molecule has 1 saturated heterocycles. The van der Waals surface area contributed by atoms with E-state index in [2.05, 4.69) is 31.5 Å². The maximum absolute atomic E-state index is 13.7. The molecular weight excluding hydrogens is 388 g/mol. The molecule has 2 aromatic heterocycles. The van der Waals surface area contributed by atoms with Gasteiger partial charge in [0.1, 0.15) is 0 Å². The summed E-state index contributed by atoms with van der Waals surface area (Å²) in [5.74, 6) is -2.30. The van der Waals surface area contributed by atoms with Gasteiger partial charge in [0.15, 0.2) is 5.82 Å². The summed E-state index contributed by atoms with van der Waals surface area (Å²) in [4.78, 5) is 6.85. The molecule has 3 aromatic rings. The van der Waals surface area contributed by atoms with E-state index >= 15 is 0 Å². The van der Waals surface area contributed by atoms with Crippen molar-refractivity contribution in [2.75, 3.05) is 36.5 Å². The first-order valence-electron chi connectivity index (χ1n) is 10.0. The lowest BCUT2D eigenvalue weighted by atomic mass is 10.0. The van der Waals surface area contributed by atoms with Crippen molar-refractivity contribution in [3.05, 3.63) is 53.3 Å². The highest BCUT2D eigenvalue weighted by Gasteiger charge is 2.25. The number of rotatable bonds is 5.